The van der Waals surface area contributed by atoms with Crippen LogP contribution in [0.3, 0.4) is 0 Å². The summed E-state index contributed by atoms with van der Waals surface area (Å²) in [6, 6.07) is 6.99. The van der Waals surface area contributed by atoms with Gasteiger partial charge in [0.05, 0.1) is 19.4 Å². The third-order valence-corrected chi connectivity index (χ3v) is 5.97. The van der Waals surface area contributed by atoms with E-state index in [-0.39, 0.29) is 1.43 Å². The zero-order valence-electron chi connectivity index (χ0n) is 14.2. The van der Waals surface area contributed by atoms with Gasteiger partial charge in [0.1, 0.15) is 11.9 Å². The van der Waals surface area contributed by atoms with Crippen LogP contribution in [0.15, 0.2) is 22.7 Å². The van der Waals surface area contributed by atoms with Gasteiger partial charge in [-0.15, -0.1) is 0 Å². The molecule has 0 aromatic carbocycles. The molecule has 0 bridgehead atoms. The van der Waals surface area contributed by atoms with Crippen LogP contribution in [0.1, 0.15) is 32.9 Å². The third kappa shape index (κ3) is 2.68. The molecule has 0 atom stereocenters. The summed E-state index contributed by atoms with van der Waals surface area (Å²) in [4.78, 5) is 7.08. The predicted octanol–water partition coefficient (Wildman–Crippen LogP) is 3.00. The van der Waals surface area contributed by atoms with Crippen molar-refractivity contribution in [2.75, 3.05) is 31.6 Å². The van der Waals surface area contributed by atoms with Crippen molar-refractivity contribution in [1.29, 1.82) is 5.26 Å². The summed E-state index contributed by atoms with van der Waals surface area (Å²) in [6.07, 6.45) is 6.56. The molecule has 2 aromatic heterocycles. The second-order valence-electron chi connectivity index (χ2n) is 7.88. The fourth-order valence-corrected chi connectivity index (χ4v) is 4.52. The molecule has 2 aliphatic heterocycles. The van der Waals surface area contributed by atoms with Crippen LogP contribution in [0.5, 0.6) is 0 Å². The molecule has 1 saturated carbocycles. The molecule has 2 saturated heterocycles. The fourth-order valence-electron chi connectivity index (χ4n) is 4.52. The maximum absolute atomic E-state index is 8.92. The van der Waals surface area contributed by atoms with Crippen LogP contribution in [0, 0.1) is 16.7 Å². The van der Waals surface area contributed by atoms with Crippen LogP contribution in [0.2, 0.25) is 0 Å². The van der Waals surface area contributed by atoms with E-state index in [1.54, 1.807) is 12.3 Å². The van der Waals surface area contributed by atoms with E-state index in [4.69, 9.17) is 14.4 Å². The minimum Gasteiger partial charge on any atom is -0.444 e. The number of anilines is 1. The van der Waals surface area contributed by atoms with E-state index >= 15 is 0 Å². The lowest BCUT2D eigenvalue weighted by Gasteiger charge is -2.58. The standard InChI is InChI=1S/C19H22N4O2.H2/c20-7-16-5-13-6-18(21-8-17(13)25-16)22-14-1-3-15(4-2-14)23-9-19(10-23)11-24-12-19;/h5-6,8,14-15H,1-4,9-12H2,(H,21,22);1H. The Kier molecular flexibility index (Phi) is 3.47. The molecule has 6 nitrogen and oxygen atoms in total. The van der Waals surface area contributed by atoms with E-state index in [9.17, 15) is 0 Å². The van der Waals surface area contributed by atoms with Crippen LogP contribution in [0.4, 0.5) is 5.82 Å². The first-order valence-corrected chi connectivity index (χ1v) is 9.11. The Morgan fingerprint density at radius 3 is 2.72 bits per heavy atom. The number of aromatic nitrogens is 1. The molecular weight excluding hydrogens is 316 g/mol. The van der Waals surface area contributed by atoms with Crippen LogP contribution in [-0.4, -0.2) is 48.3 Å². The largest absolute Gasteiger partial charge is 0.444 e. The highest BCUT2D eigenvalue weighted by Gasteiger charge is 2.50. The first kappa shape index (κ1) is 15.2. The molecule has 1 N–H and O–H groups in total. The summed E-state index contributed by atoms with van der Waals surface area (Å²) in [6.45, 7) is 4.40. The number of ether oxygens (including phenoxy) is 1. The molecule has 4 heterocycles. The summed E-state index contributed by atoms with van der Waals surface area (Å²) < 4.78 is 10.8. The number of furan rings is 1. The number of rotatable bonds is 3. The second-order valence-corrected chi connectivity index (χ2v) is 7.88. The molecule has 3 fully saturated rings. The van der Waals surface area contributed by atoms with Gasteiger partial charge in [0, 0.05) is 43.5 Å². The quantitative estimate of drug-likeness (QED) is 0.926. The van der Waals surface area contributed by atoms with Gasteiger partial charge in [-0.1, -0.05) is 0 Å². The molecule has 1 spiro atoms. The minimum absolute atomic E-state index is 0. The lowest BCUT2D eigenvalue weighted by molar-refractivity contribution is -0.200. The molecule has 3 aliphatic rings. The maximum Gasteiger partial charge on any atom is 0.204 e. The van der Waals surface area contributed by atoms with Crippen molar-refractivity contribution >= 4 is 16.8 Å². The van der Waals surface area contributed by atoms with E-state index in [1.807, 2.05) is 12.1 Å². The summed E-state index contributed by atoms with van der Waals surface area (Å²) in [5, 5.41) is 13.4. The number of fused-ring (bicyclic) bond motifs is 1. The minimum atomic E-state index is 0. The lowest BCUT2D eigenvalue weighted by Crippen LogP contribution is -2.68. The number of likely N-dealkylation sites (tertiary alicyclic amines) is 1. The molecule has 2 aromatic rings. The van der Waals surface area contributed by atoms with Gasteiger partial charge in [0.2, 0.25) is 5.76 Å². The van der Waals surface area contributed by atoms with E-state index < -0.39 is 0 Å². The summed E-state index contributed by atoms with van der Waals surface area (Å²) in [5.74, 6) is 1.20. The van der Waals surface area contributed by atoms with Gasteiger partial charge < -0.3 is 14.5 Å². The zero-order chi connectivity index (χ0) is 16.9. The smallest absolute Gasteiger partial charge is 0.204 e. The number of nitriles is 1. The Balaban J connectivity index is 0.00000168. The van der Waals surface area contributed by atoms with Crippen molar-refractivity contribution in [1.82, 2.24) is 9.88 Å². The molecule has 0 unspecified atom stereocenters. The Morgan fingerprint density at radius 2 is 2.04 bits per heavy atom. The van der Waals surface area contributed by atoms with Gasteiger partial charge in [-0.25, -0.2) is 4.98 Å². The monoisotopic (exact) mass is 340 g/mol. The van der Waals surface area contributed by atoms with Crippen molar-refractivity contribution < 1.29 is 10.6 Å². The van der Waals surface area contributed by atoms with Gasteiger partial charge in [-0.3, -0.25) is 4.90 Å². The van der Waals surface area contributed by atoms with Crippen molar-refractivity contribution in [2.24, 2.45) is 5.41 Å². The van der Waals surface area contributed by atoms with E-state index in [2.05, 4.69) is 15.2 Å². The zero-order valence-corrected chi connectivity index (χ0v) is 14.2. The lowest BCUT2D eigenvalue weighted by atomic mass is 9.75. The van der Waals surface area contributed by atoms with Crippen molar-refractivity contribution in [3.05, 3.63) is 24.1 Å². The molecule has 6 heteroatoms. The predicted molar refractivity (Wildman–Crippen MR) is 95.3 cm³/mol. The highest BCUT2D eigenvalue weighted by atomic mass is 16.5. The van der Waals surface area contributed by atoms with E-state index in [1.165, 1.54) is 38.8 Å². The highest BCUT2D eigenvalue weighted by Crippen LogP contribution is 2.41. The molecule has 25 heavy (non-hydrogen) atoms. The maximum atomic E-state index is 8.92. The number of nitrogens with one attached hydrogen (secondary N) is 1. The SMILES string of the molecule is N#Cc1cc2cc(NC3CCC(N4CC5(COC5)C4)CC3)ncc2o1.[HH]. The highest BCUT2D eigenvalue weighted by molar-refractivity contribution is 5.80. The van der Waals surface area contributed by atoms with Crippen molar-refractivity contribution in [3.8, 4) is 6.07 Å². The summed E-state index contributed by atoms with van der Waals surface area (Å²) in [7, 11) is 0. The van der Waals surface area contributed by atoms with Crippen LogP contribution >= 0.6 is 0 Å². The number of hydrogen-bond donors (Lipinski definition) is 1. The number of hydrogen-bond acceptors (Lipinski definition) is 6. The van der Waals surface area contributed by atoms with Gasteiger partial charge in [0.25, 0.3) is 0 Å². The van der Waals surface area contributed by atoms with Crippen LogP contribution < -0.4 is 5.32 Å². The third-order valence-electron chi connectivity index (χ3n) is 5.97. The molecule has 132 valence electrons. The van der Waals surface area contributed by atoms with E-state index in [0.29, 0.717) is 22.8 Å². The Morgan fingerprint density at radius 1 is 1.24 bits per heavy atom. The Bertz CT molecular complexity index is 826. The first-order chi connectivity index (χ1) is 12.2. The normalized spacial score (nSPS) is 28.3. The van der Waals surface area contributed by atoms with Gasteiger partial charge in [0.15, 0.2) is 5.58 Å². The molecule has 5 rings (SSSR count). The van der Waals surface area contributed by atoms with Crippen LogP contribution in [0.25, 0.3) is 11.0 Å². The molecule has 1 aliphatic carbocycles. The van der Waals surface area contributed by atoms with Crippen molar-refractivity contribution in [3.63, 3.8) is 0 Å². The average Bonchev–Trinajstić information content (AvgIpc) is 2.96. The molecular formula is C19H24N4O2. The van der Waals surface area contributed by atoms with Gasteiger partial charge >= 0.3 is 0 Å². The topological polar surface area (TPSA) is 74.3 Å². The fraction of sp³-hybridized carbons (Fsp3) is 0.579. The first-order valence-electron chi connectivity index (χ1n) is 9.11. The number of pyridine rings is 1. The summed E-state index contributed by atoms with van der Waals surface area (Å²) >= 11 is 0. The Hall–Kier alpha value is -2.10. The Labute approximate surface area is 148 Å². The van der Waals surface area contributed by atoms with Crippen molar-refractivity contribution in [2.45, 2.75) is 37.8 Å². The molecule has 0 amide bonds. The number of nitrogens with zero attached hydrogens (tertiary/aromatic N) is 3. The van der Waals surface area contributed by atoms with Crippen LogP contribution in [-0.2, 0) is 4.74 Å². The summed E-state index contributed by atoms with van der Waals surface area (Å²) in [5.41, 5.74) is 1.18. The average molecular weight is 340 g/mol. The van der Waals surface area contributed by atoms with Gasteiger partial charge in [-0.05, 0) is 31.7 Å². The van der Waals surface area contributed by atoms with Gasteiger partial charge in [-0.2, -0.15) is 5.26 Å². The molecule has 0 radical (unpaired) electrons. The second kappa shape index (κ2) is 5.72. The van der Waals surface area contributed by atoms with E-state index in [0.717, 1.165) is 30.5 Å².